The Bertz CT molecular complexity index is 372. The average Bonchev–Trinajstić information content (AvgIpc) is 2.18. The Morgan fingerprint density at radius 2 is 2.27 bits per heavy atom. The number of hydrogen-bond acceptors (Lipinski definition) is 1. The largest absolute Gasteiger partial charge is 0.324 e. The van der Waals surface area contributed by atoms with Crippen LogP contribution in [0, 0.1) is 17.7 Å². The summed E-state index contributed by atoms with van der Waals surface area (Å²) in [6, 6.07) is 4.57. The van der Waals surface area contributed by atoms with Crippen LogP contribution in [0.4, 0.5) is 4.39 Å². The Hall–Kier alpha value is -0.850. The molecular weight excluding hydrogens is 257 g/mol. The molecule has 0 aromatic heterocycles. The van der Waals surface area contributed by atoms with Crippen LogP contribution in [0.15, 0.2) is 22.7 Å². The maximum atomic E-state index is 13.5. The first-order valence-electron chi connectivity index (χ1n) is 4.76. The third-order valence-electron chi connectivity index (χ3n) is 2.13. The van der Waals surface area contributed by atoms with Crippen molar-refractivity contribution in [1.29, 1.82) is 0 Å². The maximum Gasteiger partial charge on any atom is 0.129 e. The van der Waals surface area contributed by atoms with Gasteiger partial charge in [-0.3, -0.25) is 0 Å². The lowest BCUT2D eigenvalue weighted by molar-refractivity contribution is 0.565. The zero-order valence-corrected chi connectivity index (χ0v) is 10.1. The van der Waals surface area contributed by atoms with Gasteiger partial charge in [-0.2, -0.15) is 0 Å². The van der Waals surface area contributed by atoms with Gasteiger partial charge in [0.15, 0.2) is 0 Å². The third-order valence-corrected chi connectivity index (χ3v) is 2.82. The van der Waals surface area contributed by atoms with Crippen molar-refractivity contribution in [2.24, 2.45) is 5.73 Å². The summed E-state index contributed by atoms with van der Waals surface area (Å²) in [6.45, 7) is 1.78. The van der Waals surface area contributed by atoms with E-state index in [2.05, 4.69) is 27.8 Å². The highest BCUT2D eigenvalue weighted by Crippen LogP contribution is 2.27. The SMILES string of the molecule is CC#CCCC(N)c1c(F)cccc1Br. The maximum absolute atomic E-state index is 13.5. The highest BCUT2D eigenvalue weighted by atomic mass is 79.9. The van der Waals surface area contributed by atoms with E-state index >= 15 is 0 Å². The van der Waals surface area contributed by atoms with Gasteiger partial charge in [0.05, 0.1) is 0 Å². The van der Waals surface area contributed by atoms with Crippen LogP contribution in [0.3, 0.4) is 0 Å². The standard InChI is InChI=1S/C12H13BrFN/c1-2-3-4-8-11(15)12-9(13)6-5-7-10(12)14/h5-7,11H,4,8,15H2,1H3. The van der Waals surface area contributed by atoms with E-state index in [4.69, 9.17) is 5.73 Å². The minimum absolute atomic E-state index is 0.263. The second kappa shape index (κ2) is 5.89. The van der Waals surface area contributed by atoms with E-state index in [1.54, 1.807) is 19.1 Å². The summed E-state index contributed by atoms with van der Waals surface area (Å²) in [5, 5.41) is 0. The molecule has 0 heterocycles. The van der Waals surface area contributed by atoms with Gasteiger partial charge in [0, 0.05) is 22.5 Å². The molecule has 1 rings (SSSR count). The van der Waals surface area contributed by atoms with E-state index in [1.165, 1.54) is 6.07 Å². The molecule has 0 amide bonds. The minimum atomic E-state index is -0.304. The fourth-order valence-electron chi connectivity index (χ4n) is 1.36. The molecule has 3 heteroatoms. The minimum Gasteiger partial charge on any atom is -0.324 e. The molecule has 1 unspecified atom stereocenters. The quantitative estimate of drug-likeness (QED) is 0.837. The number of rotatable bonds is 3. The van der Waals surface area contributed by atoms with Crippen LogP contribution >= 0.6 is 15.9 Å². The van der Waals surface area contributed by atoms with E-state index in [0.29, 0.717) is 18.4 Å². The molecule has 15 heavy (non-hydrogen) atoms. The Morgan fingerprint density at radius 3 is 2.87 bits per heavy atom. The van der Waals surface area contributed by atoms with Crippen LogP contribution in [0.25, 0.3) is 0 Å². The first-order valence-corrected chi connectivity index (χ1v) is 5.55. The summed E-state index contributed by atoms with van der Waals surface area (Å²) in [5.74, 6) is 5.45. The molecular formula is C12H13BrFN. The van der Waals surface area contributed by atoms with Crippen LogP contribution < -0.4 is 5.73 Å². The zero-order chi connectivity index (χ0) is 11.3. The summed E-state index contributed by atoms with van der Waals surface area (Å²) < 4.78 is 14.2. The van der Waals surface area contributed by atoms with Crippen molar-refractivity contribution in [1.82, 2.24) is 0 Å². The molecule has 2 N–H and O–H groups in total. The molecule has 0 spiro atoms. The van der Waals surface area contributed by atoms with Gasteiger partial charge in [-0.05, 0) is 25.5 Å². The zero-order valence-electron chi connectivity index (χ0n) is 8.56. The predicted octanol–water partition coefficient (Wildman–Crippen LogP) is 3.39. The number of benzene rings is 1. The molecule has 1 aromatic carbocycles. The molecule has 0 bridgehead atoms. The average molecular weight is 270 g/mol. The van der Waals surface area contributed by atoms with Gasteiger partial charge >= 0.3 is 0 Å². The molecule has 0 fully saturated rings. The summed E-state index contributed by atoms with van der Waals surface area (Å²) in [4.78, 5) is 0. The fraction of sp³-hybridized carbons (Fsp3) is 0.333. The van der Waals surface area contributed by atoms with Crippen molar-refractivity contribution in [3.05, 3.63) is 34.1 Å². The van der Waals surface area contributed by atoms with Crippen LogP contribution in [-0.2, 0) is 0 Å². The number of hydrogen-bond donors (Lipinski definition) is 1. The van der Waals surface area contributed by atoms with Gasteiger partial charge < -0.3 is 5.73 Å². The second-order valence-corrected chi connectivity index (χ2v) is 4.06. The van der Waals surface area contributed by atoms with Gasteiger partial charge in [0.1, 0.15) is 5.82 Å². The molecule has 0 saturated heterocycles. The summed E-state index contributed by atoms with van der Waals surface area (Å²) >= 11 is 3.30. The smallest absolute Gasteiger partial charge is 0.129 e. The van der Waals surface area contributed by atoms with Gasteiger partial charge in [0.25, 0.3) is 0 Å². The van der Waals surface area contributed by atoms with E-state index < -0.39 is 0 Å². The lowest BCUT2D eigenvalue weighted by atomic mass is 10.0. The molecule has 0 aliphatic heterocycles. The van der Waals surface area contributed by atoms with Crippen molar-refractivity contribution in [3.8, 4) is 11.8 Å². The fourth-order valence-corrected chi connectivity index (χ4v) is 2.00. The van der Waals surface area contributed by atoms with E-state index in [-0.39, 0.29) is 11.9 Å². The van der Waals surface area contributed by atoms with E-state index in [9.17, 15) is 4.39 Å². The summed E-state index contributed by atoms with van der Waals surface area (Å²) in [6.07, 6.45) is 1.36. The van der Waals surface area contributed by atoms with Gasteiger partial charge in [-0.15, -0.1) is 11.8 Å². The topological polar surface area (TPSA) is 26.0 Å². The lowest BCUT2D eigenvalue weighted by Crippen LogP contribution is -2.12. The van der Waals surface area contributed by atoms with Crippen molar-refractivity contribution in [3.63, 3.8) is 0 Å². The number of nitrogens with two attached hydrogens (primary N) is 1. The second-order valence-electron chi connectivity index (χ2n) is 3.21. The van der Waals surface area contributed by atoms with Crippen LogP contribution in [0.5, 0.6) is 0 Å². The third kappa shape index (κ3) is 3.33. The number of halogens is 2. The van der Waals surface area contributed by atoms with Crippen molar-refractivity contribution < 1.29 is 4.39 Å². The van der Waals surface area contributed by atoms with Crippen molar-refractivity contribution in [2.45, 2.75) is 25.8 Å². The Balaban J connectivity index is 2.79. The molecule has 0 aliphatic carbocycles. The molecule has 0 saturated carbocycles. The molecule has 0 radical (unpaired) electrons. The van der Waals surface area contributed by atoms with Crippen LogP contribution in [0.2, 0.25) is 0 Å². The van der Waals surface area contributed by atoms with Gasteiger partial charge in [-0.25, -0.2) is 4.39 Å². The van der Waals surface area contributed by atoms with Gasteiger partial charge in [0.2, 0.25) is 0 Å². The highest BCUT2D eigenvalue weighted by molar-refractivity contribution is 9.10. The first-order chi connectivity index (χ1) is 7.16. The molecule has 80 valence electrons. The lowest BCUT2D eigenvalue weighted by Gasteiger charge is -2.13. The Kier molecular flexibility index (Phi) is 4.80. The molecule has 1 atom stereocenters. The molecule has 0 aliphatic rings. The van der Waals surface area contributed by atoms with Crippen LogP contribution in [-0.4, -0.2) is 0 Å². The predicted molar refractivity (Wildman–Crippen MR) is 63.7 cm³/mol. The Morgan fingerprint density at radius 1 is 1.53 bits per heavy atom. The van der Waals surface area contributed by atoms with E-state index in [1.807, 2.05) is 0 Å². The van der Waals surface area contributed by atoms with E-state index in [0.717, 1.165) is 4.47 Å². The monoisotopic (exact) mass is 269 g/mol. The molecule has 1 aromatic rings. The van der Waals surface area contributed by atoms with Crippen molar-refractivity contribution >= 4 is 15.9 Å². The summed E-state index contributed by atoms with van der Waals surface area (Å²) in [5.41, 5.74) is 6.44. The summed E-state index contributed by atoms with van der Waals surface area (Å²) in [7, 11) is 0. The normalized spacial score (nSPS) is 11.7. The Labute approximate surface area is 98.0 Å². The van der Waals surface area contributed by atoms with Crippen LogP contribution in [0.1, 0.15) is 31.4 Å². The van der Waals surface area contributed by atoms with Crippen molar-refractivity contribution in [2.75, 3.05) is 0 Å². The highest BCUT2D eigenvalue weighted by Gasteiger charge is 2.13. The molecule has 1 nitrogen and oxygen atoms in total. The van der Waals surface area contributed by atoms with Gasteiger partial charge in [-0.1, -0.05) is 22.0 Å². The first kappa shape index (κ1) is 12.2.